The Kier molecular flexibility index (Phi) is 2.99. The van der Waals surface area contributed by atoms with Gasteiger partial charge in [0.25, 0.3) is 0 Å². The molecule has 2 N–H and O–H groups in total. The molecule has 102 valence electrons. The van der Waals surface area contributed by atoms with Crippen molar-refractivity contribution in [3.63, 3.8) is 0 Å². The predicted molar refractivity (Wildman–Crippen MR) is 77.0 cm³/mol. The maximum absolute atomic E-state index is 13.3. The van der Waals surface area contributed by atoms with Gasteiger partial charge in [0.1, 0.15) is 11.6 Å². The summed E-state index contributed by atoms with van der Waals surface area (Å²) in [6.07, 6.45) is 0. The van der Waals surface area contributed by atoms with Crippen LogP contribution in [0.5, 0.6) is 5.75 Å². The lowest BCUT2D eigenvalue weighted by Gasteiger charge is -2.12. The van der Waals surface area contributed by atoms with E-state index in [-0.39, 0.29) is 11.8 Å². The quantitative estimate of drug-likeness (QED) is 0.787. The van der Waals surface area contributed by atoms with Gasteiger partial charge in [0.15, 0.2) is 0 Å². The molecule has 4 nitrogen and oxygen atoms in total. The molecule has 0 unspecified atom stereocenters. The van der Waals surface area contributed by atoms with Crippen LogP contribution in [0.15, 0.2) is 36.4 Å². The van der Waals surface area contributed by atoms with E-state index in [1.807, 2.05) is 6.07 Å². The summed E-state index contributed by atoms with van der Waals surface area (Å²) in [6.45, 7) is 0. The van der Waals surface area contributed by atoms with E-state index in [4.69, 9.17) is 22.1 Å². The Bertz CT molecular complexity index is 800. The number of aromatic nitrogens is 2. The fraction of sp³-hybridized carbons (Fsp3) is 0.0714. The van der Waals surface area contributed by atoms with Crippen molar-refractivity contribution in [2.75, 3.05) is 12.8 Å². The minimum absolute atomic E-state index is 0.262. The molecule has 0 aliphatic carbocycles. The second kappa shape index (κ2) is 4.68. The van der Waals surface area contributed by atoms with Crippen molar-refractivity contribution < 1.29 is 9.13 Å². The smallest absolute Gasteiger partial charge is 0.206 e. The average Bonchev–Trinajstić information content (AvgIpc) is 2.76. The van der Waals surface area contributed by atoms with Gasteiger partial charge in [-0.3, -0.25) is 4.57 Å². The predicted octanol–water partition coefficient (Wildman–Crippen LogP) is 3.41. The van der Waals surface area contributed by atoms with Crippen LogP contribution in [0.4, 0.5) is 10.3 Å². The molecule has 2 aromatic carbocycles. The van der Waals surface area contributed by atoms with Gasteiger partial charge in [0.2, 0.25) is 5.95 Å². The summed E-state index contributed by atoms with van der Waals surface area (Å²) in [4.78, 5) is 4.26. The topological polar surface area (TPSA) is 53.1 Å². The first-order valence-electron chi connectivity index (χ1n) is 5.88. The summed E-state index contributed by atoms with van der Waals surface area (Å²) >= 11 is 6.22. The second-order valence-electron chi connectivity index (χ2n) is 4.23. The molecule has 0 saturated heterocycles. The Morgan fingerprint density at radius 3 is 2.85 bits per heavy atom. The van der Waals surface area contributed by atoms with Crippen LogP contribution < -0.4 is 10.5 Å². The SMILES string of the molecule is COc1cc(F)ccc1-n1c(N)nc2cccc(Cl)c21. The number of imidazole rings is 1. The summed E-state index contributed by atoms with van der Waals surface area (Å²) in [7, 11) is 1.47. The highest BCUT2D eigenvalue weighted by Crippen LogP contribution is 2.33. The van der Waals surface area contributed by atoms with Crippen molar-refractivity contribution in [2.45, 2.75) is 0 Å². The van der Waals surface area contributed by atoms with E-state index < -0.39 is 0 Å². The number of nitrogens with zero attached hydrogens (tertiary/aromatic N) is 2. The van der Waals surface area contributed by atoms with Crippen LogP contribution in [-0.4, -0.2) is 16.7 Å². The molecule has 0 spiro atoms. The largest absolute Gasteiger partial charge is 0.494 e. The van der Waals surface area contributed by atoms with Gasteiger partial charge in [-0.1, -0.05) is 17.7 Å². The lowest BCUT2D eigenvalue weighted by Crippen LogP contribution is -2.03. The number of fused-ring (bicyclic) bond motifs is 1. The number of hydrogen-bond acceptors (Lipinski definition) is 3. The number of anilines is 1. The molecule has 3 rings (SSSR count). The Balaban J connectivity index is 2.38. The monoisotopic (exact) mass is 291 g/mol. The molecular weight excluding hydrogens is 281 g/mol. The van der Waals surface area contributed by atoms with Gasteiger partial charge in [-0.15, -0.1) is 0 Å². The molecule has 20 heavy (non-hydrogen) atoms. The highest BCUT2D eigenvalue weighted by Gasteiger charge is 2.16. The molecule has 6 heteroatoms. The van der Waals surface area contributed by atoms with Crippen LogP contribution in [0.1, 0.15) is 0 Å². The number of rotatable bonds is 2. The molecule has 1 aromatic heterocycles. The summed E-state index contributed by atoms with van der Waals surface area (Å²) in [5.41, 5.74) is 7.88. The van der Waals surface area contributed by atoms with Gasteiger partial charge in [-0.2, -0.15) is 0 Å². The van der Waals surface area contributed by atoms with E-state index in [1.165, 1.54) is 19.2 Å². The van der Waals surface area contributed by atoms with Gasteiger partial charge in [0, 0.05) is 6.07 Å². The molecular formula is C14H11ClFN3O. The van der Waals surface area contributed by atoms with Crippen LogP contribution in [0.3, 0.4) is 0 Å². The number of halogens is 2. The van der Waals surface area contributed by atoms with E-state index >= 15 is 0 Å². The lowest BCUT2D eigenvalue weighted by molar-refractivity contribution is 0.410. The standard InChI is InChI=1S/C14H11ClFN3O/c1-20-12-7-8(16)5-6-11(12)19-13-9(15)3-2-4-10(13)18-14(19)17/h2-7H,1H3,(H2,17,18). The maximum Gasteiger partial charge on any atom is 0.206 e. The molecule has 0 fully saturated rings. The third-order valence-corrected chi connectivity index (χ3v) is 3.34. The van der Waals surface area contributed by atoms with Gasteiger partial charge in [-0.25, -0.2) is 9.37 Å². The second-order valence-corrected chi connectivity index (χ2v) is 4.64. The Labute approximate surface area is 119 Å². The number of ether oxygens (including phenoxy) is 1. The third-order valence-electron chi connectivity index (χ3n) is 3.04. The molecule has 0 saturated carbocycles. The van der Waals surface area contributed by atoms with Crippen molar-refractivity contribution >= 4 is 28.6 Å². The van der Waals surface area contributed by atoms with Crippen LogP contribution in [0.25, 0.3) is 16.7 Å². The molecule has 0 aliphatic heterocycles. The zero-order valence-corrected chi connectivity index (χ0v) is 11.4. The van der Waals surface area contributed by atoms with E-state index in [9.17, 15) is 4.39 Å². The number of hydrogen-bond donors (Lipinski definition) is 1. The van der Waals surface area contributed by atoms with Gasteiger partial charge < -0.3 is 10.5 Å². The van der Waals surface area contributed by atoms with Crippen molar-refractivity contribution in [1.82, 2.24) is 9.55 Å². The summed E-state index contributed by atoms with van der Waals surface area (Å²) in [5.74, 6) is 0.230. The zero-order chi connectivity index (χ0) is 14.3. The average molecular weight is 292 g/mol. The van der Waals surface area contributed by atoms with Crippen LogP contribution in [0.2, 0.25) is 5.02 Å². The highest BCUT2D eigenvalue weighted by molar-refractivity contribution is 6.35. The fourth-order valence-corrected chi connectivity index (χ4v) is 2.44. The third kappa shape index (κ3) is 1.87. The van der Waals surface area contributed by atoms with Crippen LogP contribution >= 0.6 is 11.6 Å². The minimum Gasteiger partial charge on any atom is -0.494 e. The first-order chi connectivity index (χ1) is 9.61. The molecule has 3 aromatic rings. The van der Waals surface area contributed by atoms with E-state index in [2.05, 4.69) is 4.98 Å². The molecule has 0 amide bonds. The summed E-state index contributed by atoms with van der Waals surface area (Å²) in [6, 6.07) is 9.55. The van der Waals surface area contributed by atoms with E-state index in [1.54, 1.807) is 22.8 Å². The van der Waals surface area contributed by atoms with Gasteiger partial charge >= 0.3 is 0 Å². The van der Waals surface area contributed by atoms with Crippen LogP contribution in [0, 0.1) is 5.82 Å². The number of para-hydroxylation sites is 1. The van der Waals surface area contributed by atoms with Crippen molar-refractivity contribution in [3.05, 3.63) is 47.2 Å². The van der Waals surface area contributed by atoms with E-state index in [0.29, 0.717) is 27.5 Å². The zero-order valence-electron chi connectivity index (χ0n) is 10.6. The normalized spacial score (nSPS) is 10.9. The first kappa shape index (κ1) is 12.7. The first-order valence-corrected chi connectivity index (χ1v) is 6.26. The molecule has 0 bridgehead atoms. The van der Waals surface area contributed by atoms with E-state index in [0.717, 1.165) is 0 Å². The summed E-state index contributed by atoms with van der Waals surface area (Å²) in [5, 5.41) is 0.512. The van der Waals surface area contributed by atoms with Crippen molar-refractivity contribution in [1.29, 1.82) is 0 Å². The Hall–Kier alpha value is -2.27. The molecule has 1 heterocycles. The highest BCUT2D eigenvalue weighted by atomic mass is 35.5. The number of nitrogen functional groups attached to an aromatic ring is 1. The number of benzene rings is 2. The molecule has 0 aliphatic rings. The van der Waals surface area contributed by atoms with Crippen molar-refractivity contribution in [2.24, 2.45) is 0 Å². The van der Waals surface area contributed by atoms with Gasteiger partial charge in [-0.05, 0) is 24.3 Å². The molecule has 0 atom stereocenters. The maximum atomic E-state index is 13.3. The lowest BCUT2D eigenvalue weighted by atomic mass is 10.2. The van der Waals surface area contributed by atoms with Crippen LogP contribution in [-0.2, 0) is 0 Å². The number of methoxy groups -OCH3 is 1. The fourth-order valence-electron chi connectivity index (χ4n) is 2.18. The summed E-state index contributed by atoms with van der Waals surface area (Å²) < 4.78 is 20.2. The molecule has 0 radical (unpaired) electrons. The Morgan fingerprint density at radius 1 is 1.30 bits per heavy atom. The Morgan fingerprint density at radius 2 is 2.10 bits per heavy atom. The van der Waals surface area contributed by atoms with Crippen molar-refractivity contribution in [3.8, 4) is 11.4 Å². The number of nitrogens with two attached hydrogens (primary N) is 1. The minimum atomic E-state index is -0.389. The van der Waals surface area contributed by atoms with Gasteiger partial charge in [0.05, 0.1) is 28.9 Å².